The largest absolute Gasteiger partial charge is 0.497 e. The van der Waals surface area contributed by atoms with Gasteiger partial charge in [-0.3, -0.25) is 9.59 Å². The van der Waals surface area contributed by atoms with Gasteiger partial charge in [0.05, 0.1) is 25.4 Å². The molecule has 0 bridgehead atoms. The second-order valence-electron chi connectivity index (χ2n) is 9.46. The first-order valence-electron chi connectivity index (χ1n) is 11.8. The first-order valence-corrected chi connectivity index (χ1v) is 11.8. The van der Waals surface area contributed by atoms with Crippen LogP contribution in [0.2, 0.25) is 0 Å². The lowest BCUT2D eigenvalue weighted by atomic mass is 9.93. The van der Waals surface area contributed by atoms with E-state index in [9.17, 15) is 9.59 Å². The Bertz CT molecular complexity index is 1150. The summed E-state index contributed by atoms with van der Waals surface area (Å²) in [5, 5.41) is 3.30. The van der Waals surface area contributed by atoms with Gasteiger partial charge < -0.3 is 23.9 Å². The maximum atomic E-state index is 13.8. The van der Waals surface area contributed by atoms with Crippen molar-refractivity contribution in [2.75, 3.05) is 7.11 Å². The number of fused-ring (bicyclic) bond motifs is 3. The molecule has 0 saturated heterocycles. The van der Waals surface area contributed by atoms with Crippen LogP contribution in [0.5, 0.6) is 5.75 Å². The van der Waals surface area contributed by atoms with Crippen LogP contribution in [0.1, 0.15) is 61.5 Å². The molecule has 0 radical (unpaired) electrons. The number of amides is 2. The molecule has 1 atom stereocenters. The Hall–Kier alpha value is -3.22. The van der Waals surface area contributed by atoms with Crippen molar-refractivity contribution >= 4 is 22.9 Å². The van der Waals surface area contributed by atoms with Gasteiger partial charge in [0, 0.05) is 24.7 Å². The minimum absolute atomic E-state index is 0.0905. The van der Waals surface area contributed by atoms with Crippen molar-refractivity contribution < 1.29 is 18.7 Å². The van der Waals surface area contributed by atoms with Gasteiger partial charge in [-0.1, -0.05) is 37.8 Å². The molecule has 1 aliphatic heterocycles. The molecule has 7 heteroatoms. The summed E-state index contributed by atoms with van der Waals surface area (Å²) < 4.78 is 12.8. The van der Waals surface area contributed by atoms with Crippen LogP contribution < -0.4 is 10.1 Å². The Morgan fingerprint density at radius 3 is 2.58 bits per heavy atom. The summed E-state index contributed by atoms with van der Waals surface area (Å²) >= 11 is 0. The Labute approximate surface area is 193 Å². The molecule has 1 aliphatic carbocycles. The van der Waals surface area contributed by atoms with E-state index in [0.29, 0.717) is 24.4 Å². The van der Waals surface area contributed by atoms with Gasteiger partial charge in [-0.25, -0.2) is 0 Å². The molecule has 2 aliphatic rings. The van der Waals surface area contributed by atoms with Gasteiger partial charge >= 0.3 is 0 Å². The smallest absolute Gasteiger partial charge is 0.271 e. The first kappa shape index (κ1) is 21.6. The highest BCUT2D eigenvalue weighted by atomic mass is 16.5. The minimum Gasteiger partial charge on any atom is -0.497 e. The summed E-state index contributed by atoms with van der Waals surface area (Å²) in [4.78, 5) is 29.2. The lowest BCUT2D eigenvalue weighted by Crippen LogP contribution is -2.64. The van der Waals surface area contributed by atoms with Crippen LogP contribution >= 0.6 is 0 Å². The third-order valence-electron chi connectivity index (χ3n) is 7.23. The summed E-state index contributed by atoms with van der Waals surface area (Å²) in [6, 6.07) is 11.4. The third-order valence-corrected chi connectivity index (χ3v) is 7.23. The number of aromatic nitrogens is 1. The van der Waals surface area contributed by atoms with Crippen LogP contribution in [-0.4, -0.2) is 40.0 Å². The molecule has 3 heterocycles. The average Bonchev–Trinajstić information content (AvgIpc) is 3.31. The molecule has 7 nitrogen and oxygen atoms in total. The molecule has 1 unspecified atom stereocenters. The molecule has 3 aromatic rings. The van der Waals surface area contributed by atoms with Crippen LogP contribution in [0.15, 0.2) is 47.1 Å². The van der Waals surface area contributed by atoms with E-state index < -0.39 is 5.54 Å². The maximum Gasteiger partial charge on any atom is 0.271 e. The zero-order valence-corrected chi connectivity index (χ0v) is 19.3. The number of ether oxygens (including phenoxy) is 1. The summed E-state index contributed by atoms with van der Waals surface area (Å²) in [5.41, 5.74) is 1.98. The molecule has 2 aromatic heterocycles. The van der Waals surface area contributed by atoms with Gasteiger partial charge in [-0.05, 0) is 37.5 Å². The molecule has 1 saturated carbocycles. The molecular weight excluding hydrogens is 418 g/mol. The Morgan fingerprint density at radius 2 is 1.88 bits per heavy atom. The van der Waals surface area contributed by atoms with E-state index >= 15 is 0 Å². The molecule has 33 heavy (non-hydrogen) atoms. The quantitative estimate of drug-likeness (QED) is 0.582. The lowest BCUT2D eigenvalue weighted by Gasteiger charge is -2.44. The van der Waals surface area contributed by atoms with Crippen molar-refractivity contribution in [1.82, 2.24) is 14.8 Å². The standard InChI is InChI=1S/C26H31N3O4/c1-26(25(31)27-19-7-5-3-4-6-8-19)17-28-21-13-14-33-23(21)15-22(28)24(30)29(26)16-18-9-11-20(32-2)12-10-18/h9-15,19H,3-8,16-17H2,1-2H3,(H,27,31). The monoisotopic (exact) mass is 449 g/mol. The topological polar surface area (TPSA) is 76.7 Å². The van der Waals surface area contributed by atoms with E-state index in [1.54, 1.807) is 24.3 Å². The second kappa shape index (κ2) is 8.61. The van der Waals surface area contributed by atoms with Crippen molar-refractivity contribution in [3.8, 4) is 5.75 Å². The highest BCUT2D eigenvalue weighted by Gasteiger charge is 2.48. The summed E-state index contributed by atoms with van der Waals surface area (Å²) in [6.07, 6.45) is 8.31. The molecule has 1 fully saturated rings. The van der Waals surface area contributed by atoms with Gasteiger partial charge in [-0.15, -0.1) is 0 Å². The van der Waals surface area contributed by atoms with E-state index in [2.05, 4.69) is 5.32 Å². The van der Waals surface area contributed by atoms with E-state index in [1.165, 1.54) is 12.8 Å². The molecule has 1 aromatic carbocycles. The number of nitrogens with one attached hydrogen (secondary N) is 1. The Morgan fingerprint density at radius 1 is 1.15 bits per heavy atom. The number of hydrogen-bond donors (Lipinski definition) is 1. The van der Waals surface area contributed by atoms with Gasteiger partial charge in [-0.2, -0.15) is 0 Å². The van der Waals surface area contributed by atoms with E-state index in [1.807, 2.05) is 41.8 Å². The number of furan rings is 1. The summed E-state index contributed by atoms with van der Waals surface area (Å²) in [6.45, 7) is 2.60. The number of rotatable bonds is 5. The molecule has 174 valence electrons. The Kier molecular flexibility index (Phi) is 5.64. The van der Waals surface area contributed by atoms with E-state index in [4.69, 9.17) is 9.15 Å². The van der Waals surface area contributed by atoms with Crippen LogP contribution in [0.4, 0.5) is 0 Å². The number of nitrogens with zero attached hydrogens (tertiary/aromatic N) is 2. The van der Waals surface area contributed by atoms with E-state index in [-0.39, 0.29) is 17.9 Å². The minimum atomic E-state index is -1.03. The number of carbonyl (C=O) groups is 2. The normalized spacial score (nSPS) is 21.6. The fraction of sp³-hybridized carbons (Fsp3) is 0.462. The van der Waals surface area contributed by atoms with Gasteiger partial charge in [0.25, 0.3) is 5.91 Å². The molecule has 0 spiro atoms. The molecular formula is C26H31N3O4. The molecule has 5 rings (SSSR count). The summed E-state index contributed by atoms with van der Waals surface area (Å²) in [7, 11) is 1.63. The predicted octanol–water partition coefficient (Wildman–Crippen LogP) is 4.50. The second-order valence-corrected chi connectivity index (χ2v) is 9.46. The van der Waals surface area contributed by atoms with Crippen LogP contribution in [0.3, 0.4) is 0 Å². The zero-order chi connectivity index (χ0) is 23.0. The van der Waals surface area contributed by atoms with Crippen molar-refractivity contribution in [2.45, 2.75) is 70.1 Å². The molecule has 2 amide bonds. The SMILES string of the molecule is COc1ccc(CN2C(=O)c3cc4occc4n3CC2(C)C(=O)NC2CCCCCC2)cc1. The first-order chi connectivity index (χ1) is 16.0. The van der Waals surface area contributed by atoms with E-state index in [0.717, 1.165) is 42.5 Å². The van der Waals surface area contributed by atoms with Crippen molar-refractivity contribution in [3.05, 3.63) is 53.9 Å². The number of carbonyl (C=O) groups excluding carboxylic acids is 2. The fourth-order valence-electron chi connectivity index (χ4n) is 5.20. The van der Waals surface area contributed by atoms with Gasteiger partial charge in [0.2, 0.25) is 5.91 Å². The van der Waals surface area contributed by atoms with Crippen molar-refractivity contribution in [2.24, 2.45) is 0 Å². The van der Waals surface area contributed by atoms with Gasteiger partial charge in [0.1, 0.15) is 17.0 Å². The predicted molar refractivity (Wildman–Crippen MR) is 125 cm³/mol. The summed E-state index contributed by atoms with van der Waals surface area (Å²) in [5.74, 6) is 0.501. The highest BCUT2D eigenvalue weighted by molar-refractivity contribution is 6.02. The lowest BCUT2D eigenvalue weighted by molar-refractivity contribution is -0.134. The van der Waals surface area contributed by atoms with Crippen molar-refractivity contribution in [1.29, 1.82) is 0 Å². The number of hydrogen-bond acceptors (Lipinski definition) is 4. The fourth-order valence-corrected chi connectivity index (χ4v) is 5.20. The highest BCUT2D eigenvalue weighted by Crippen LogP contribution is 2.34. The van der Waals surface area contributed by atoms with Crippen LogP contribution in [0, 0.1) is 0 Å². The van der Waals surface area contributed by atoms with Crippen LogP contribution in [0.25, 0.3) is 11.1 Å². The number of benzene rings is 1. The van der Waals surface area contributed by atoms with Gasteiger partial charge in [0.15, 0.2) is 5.58 Å². The molecule has 1 N–H and O–H groups in total. The number of methoxy groups -OCH3 is 1. The average molecular weight is 450 g/mol. The van der Waals surface area contributed by atoms with Crippen molar-refractivity contribution in [3.63, 3.8) is 0 Å². The Balaban J connectivity index is 1.50. The third kappa shape index (κ3) is 3.90. The van der Waals surface area contributed by atoms with Crippen LogP contribution in [-0.2, 0) is 17.9 Å². The zero-order valence-electron chi connectivity index (χ0n) is 19.3. The maximum absolute atomic E-state index is 13.8.